The zero-order chi connectivity index (χ0) is 17.4. The summed E-state index contributed by atoms with van der Waals surface area (Å²) < 4.78 is 0. The molecule has 0 aliphatic rings. The summed E-state index contributed by atoms with van der Waals surface area (Å²) in [6.07, 6.45) is 4.31. The Hall–Kier alpha value is -2.78. The summed E-state index contributed by atoms with van der Waals surface area (Å²) >= 11 is 1.20. The van der Waals surface area contributed by atoms with Crippen molar-refractivity contribution in [2.75, 3.05) is 12.4 Å². The Labute approximate surface area is 141 Å². The fourth-order valence-corrected chi connectivity index (χ4v) is 2.53. The van der Waals surface area contributed by atoms with Crippen LogP contribution in [0.1, 0.15) is 15.9 Å². The van der Waals surface area contributed by atoms with E-state index in [0.717, 1.165) is 0 Å². The van der Waals surface area contributed by atoms with Crippen molar-refractivity contribution in [3.8, 4) is 0 Å². The first-order valence-electron chi connectivity index (χ1n) is 6.87. The van der Waals surface area contributed by atoms with Crippen LogP contribution in [0.15, 0.2) is 52.7 Å². The number of aromatic nitrogens is 1. The number of hydrazone groups is 1. The molecule has 0 aliphatic carbocycles. The third-order valence-electron chi connectivity index (χ3n) is 2.85. The zero-order valence-corrected chi connectivity index (χ0v) is 13.3. The van der Waals surface area contributed by atoms with Crippen LogP contribution >= 0.6 is 11.8 Å². The number of aliphatic hydroxyl groups excluding tert-OH is 1. The van der Waals surface area contributed by atoms with Gasteiger partial charge in [-0.15, -0.1) is 11.8 Å². The molecule has 1 heterocycles. The van der Waals surface area contributed by atoms with Crippen molar-refractivity contribution in [2.24, 2.45) is 5.10 Å². The number of amides is 1. The van der Waals surface area contributed by atoms with E-state index in [4.69, 9.17) is 5.11 Å². The molecular weight excluding hydrogens is 332 g/mol. The molecule has 0 unspecified atom stereocenters. The maximum absolute atomic E-state index is 11.8. The summed E-state index contributed by atoms with van der Waals surface area (Å²) in [5.74, 6) is -0.0331. The molecule has 24 heavy (non-hydrogen) atoms. The Balaban J connectivity index is 2.07. The van der Waals surface area contributed by atoms with Crippen LogP contribution in [0.5, 0.6) is 0 Å². The fraction of sp³-hybridized carbons (Fsp3) is 0.133. The number of pyridine rings is 1. The largest absolute Gasteiger partial charge is 0.396 e. The highest BCUT2D eigenvalue weighted by molar-refractivity contribution is 7.99. The van der Waals surface area contributed by atoms with Gasteiger partial charge in [0.15, 0.2) is 0 Å². The van der Waals surface area contributed by atoms with E-state index in [1.807, 2.05) is 0 Å². The third kappa shape index (κ3) is 4.86. The predicted octanol–water partition coefficient (Wildman–Crippen LogP) is 1.84. The van der Waals surface area contributed by atoms with Crippen molar-refractivity contribution in [3.63, 3.8) is 0 Å². The Morgan fingerprint density at radius 3 is 2.79 bits per heavy atom. The van der Waals surface area contributed by atoms with Crippen molar-refractivity contribution in [1.82, 2.24) is 10.4 Å². The highest BCUT2D eigenvalue weighted by Gasteiger charge is 2.14. The first kappa shape index (κ1) is 17.6. The van der Waals surface area contributed by atoms with Crippen molar-refractivity contribution in [2.45, 2.75) is 4.90 Å². The van der Waals surface area contributed by atoms with Crippen LogP contribution in [0.2, 0.25) is 0 Å². The van der Waals surface area contributed by atoms with E-state index in [9.17, 15) is 14.9 Å². The second-order valence-corrected chi connectivity index (χ2v) is 5.63. The molecule has 0 spiro atoms. The van der Waals surface area contributed by atoms with E-state index in [-0.39, 0.29) is 12.3 Å². The molecule has 0 saturated carbocycles. The number of benzene rings is 1. The van der Waals surface area contributed by atoms with Crippen molar-refractivity contribution < 1.29 is 14.8 Å². The quantitative estimate of drug-likeness (QED) is 0.342. The molecule has 8 nitrogen and oxygen atoms in total. The highest BCUT2D eigenvalue weighted by atomic mass is 32.2. The van der Waals surface area contributed by atoms with Crippen LogP contribution in [-0.4, -0.2) is 39.5 Å². The lowest BCUT2D eigenvalue weighted by Crippen LogP contribution is -2.17. The van der Waals surface area contributed by atoms with E-state index in [0.29, 0.717) is 21.8 Å². The van der Waals surface area contributed by atoms with E-state index in [2.05, 4.69) is 15.5 Å². The molecular formula is C15H14N4O4S. The topological polar surface area (TPSA) is 118 Å². The van der Waals surface area contributed by atoms with Crippen LogP contribution < -0.4 is 5.43 Å². The molecule has 0 radical (unpaired) electrons. The number of nitrogens with zero attached hydrogens (tertiary/aromatic N) is 3. The number of carbonyl (C=O) groups excluding carboxylic acids is 1. The third-order valence-corrected chi connectivity index (χ3v) is 3.89. The number of hydrogen-bond donors (Lipinski definition) is 2. The van der Waals surface area contributed by atoms with Gasteiger partial charge >= 0.3 is 0 Å². The van der Waals surface area contributed by atoms with Crippen LogP contribution in [-0.2, 0) is 0 Å². The standard InChI is InChI=1S/C15H14N4O4S/c20-7-8-24-14-2-1-11(9-13(14)19(22)23)10-17-18-15(21)12-3-5-16-6-4-12/h1-6,9-10,20H,7-8H2,(H,18,21). The second kappa shape index (κ2) is 8.75. The zero-order valence-electron chi connectivity index (χ0n) is 12.5. The van der Waals surface area contributed by atoms with Crippen LogP contribution in [0.25, 0.3) is 0 Å². The molecule has 0 aliphatic heterocycles. The van der Waals surface area contributed by atoms with Gasteiger partial charge in [0.2, 0.25) is 0 Å². The molecule has 0 saturated heterocycles. The van der Waals surface area contributed by atoms with Crippen molar-refractivity contribution >= 4 is 29.6 Å². The molecule has 0 fully saturated rings. The number of nitro benzene ring substituents is 1. The smallest absolute Gasteiger partial charge is 0.283 e. The minimum atomic E-state index is -0.493. The van der Waals surface area contributed by atoms with Gasteiger partial charge in [-0.2, -0.15) is 5.10 Å². The highest BCUT2D eigenvalue weighted by Crippen LogP contribution is 2.29. The van der Waals surface area contributed by atoms with Gasteiger partial charge in [0, 0.05) is 35.3 Å². The van der Waals surface area contributed by atoms with E-state index >= 15 is 0 Å². The van der Waals surface area contributed by atoms with E-state index < -0.39 is 10.8 Å². The molecule has 1 aromatic heterocycles. The monoisotopic (exact) mass is 346 g/mol. The predicted molar refractivity (Wildman–Crippen MR) is 90.2 cm³/mol. The number of carbonyl (C=O) groups is 1. The van der Waals surface area contributed by atoms with Gasteiger partial charge in [-0.3, -0.25) is 19.9 Å². The first-order valence-corrected chi connectivity index (χ1v) is 7.86. The molecule has 124 valence electrons. The fourth-order valence-electron chi connectivity index (χ4n) is 1.77. The molecule has 0 atom stereocenters. The SMILES string of the molecule is O=C(NN=Cc1ccc(SCCO)c([N+](=O)[O-])c1)c1ccncc1. The lowest BCUT2D eigenvalue weighted by Gasteiger charge is -2.03. The molecule has 9 heteroatoms. The summed E-state index contributed by atoms with van der Waals surface area (Å²) in [5, 5.41) is 23.7. The minimum absolute atomic E-state index is 0.0634. The normalized spacial score (nSPS) is 10.7. The van der Waals surface area contributed by atoms with E-state index in [1.54, 1.807) is 24.3 Å². The number of aliphatic hydroxyl groups is 1. The second-order valence-electron chi connectivity index (χ2n) is 4.49. The Morgan fingerprint density at radius 2 is 2.12 bits per heavy atom. The van der Waals surface area contributed by atoms with Crippen molar-refractivity contribution in [1.29, 1.82) is 0 Å². The van der Waals surface area contributed by atoms with Gasteiger partial charge in [-0.1, -0.05) is 6.07 Å². The van der Waals surface area contributed by atoms with Gasteiger partial charge in [0.1, 0.15) is 0 Å². The average molecular weight is 346 g/mol. The number of hydrogen-bond acceptors (Lipinski definition) is 7. The Bertz CT molecular complexity index is 752. The molecule has 1 amide bonds. The number of rotatable bonds is 7. The number of thioether (sulfide) groups is 1. The molecule has 1 aromatic carbocycles. The lowest BCUT2D eigenvalue weighted by molar-refractivity contribution is -0.387. The summed E-state index contributed by atoms with van der Waals surface area (Å²) in [6, 6.07) is 7.69. The van der Waals surface area contributed by atoms with Gasteiger partial charge in [-0.05, 0) is 18.2 Å². The summed E-state index contributed by atoms with van der Waals surface area (Å²) in [6.45, 7) is -0.0634. The minimum Gasteiger partial charge on any atom is -0.396 e. The molecule has 0 bridgehead atoms. The average Bonchev–Trinajstić information content (AvgIpc) is 2.61. The summed E-state index contributed by atoms with van der Waals surface area (Å²) in [4.78, 5) is 26.7. The lowest BCUT2D eigenvalue weighted by atomic mass is 10.2. The Morgan fingerprint density at radius 1 is 1.38 bits per heavy atom. The first-order chi connectivity index (χ1) is 11.6. The molecule has 2 aromatic rings. The van der Waals surface area contributed by atoms with Crippen LogP contribution in [0.3, 0.4) is 0 Å². The van der Waals surface area contributed by atoms with Gasteiger partial charge in [0.05, 0.1) is 22.6 Å². The summed E-state index contributed by atoms with van der Waals surface area (Å²) in [5.41, 5.74) is 3.15. The molecule has 2 rings (SSSR count). The Kier molecular flexibility index (Phi) is 6.41. The van der Waals surface area contributed by atoms with Crippen LogP contribution in [0, 0.1) is 10.1 Å². The van der Waals surface area contributed by atoms with E-state index in [1.165, 1.54) is 36.4 Å². The number of nitrogens with one attached hydrogen (secondary N) is 1. The molecule has 2 N–H and O–H groups in total. The van der Waals surface area contributed by atoms with Crippen molar-refractivity contribution in [3.05, 3.63) is 64.0 Å². The van der Waals surface area contributed by atoms with Crippen LogP contribution in [0.4, 0.5) is 5.69 Å². The number of nitro groups is 1. The van der Waals surface area contributed by atoms with Gasteiger partial charge in [0.25, 0.3) is 11.6 Å². The maximum atomic E-state index is 11.8. The van der Waals surface area contributed by atoms with Gasteiger partial charge in [-0.25, -0.2) is 5.43 Å². The summed E-state index contributed by atoms with van der Waals surface area (Å²) in [7, 11) is 0. The van der Waals surface area contributed by atoms with Gasteiger partial charge < -0.3 is 5.11 Å². The maximum Gasteiger partial charge on any atom is 0.283 e.